The molecule has 1 N–H and O–H groups in total. The van der Waals surface area contributed by atoms with Crippen molar-refractivity contribution in [2.24, 2.45) is 0 Å². The first-order valence-corrected chi connectivity index (χ1v) is 13.9. The molecular weight excluding hydrogens is 528 g/mol. The molecule has 1 aliphatic heterocycles. The number of thiocarbonyl (C=S) groups is 1. The minimum absolute atomic E-state index is 0.131. The molecule has 1 heterocycles. The summed E-state index contributed by atoms with van der Waals surface area (Å²) in [6, 6.07) is 11.9. The minimum Gasteiger partial charge on any atom is -0.494 e. The smallest absolute Gasteiger partial charge is 0.338 e. The number of ether oxygens (including phenoxy) is 4. The zero-order valence-electron chi connectivity index (χ0n) is 24.2. The lowest BCUT2D eigenvalue weighted by molar-refractivity contribution is -0.139. The Morgan fingerprint density at radius 1 is 1.02 bits per heavy atom. The first-order chi connectivity index (χ1) is 19.1. The molecule has 3 rings (SSSR count). The molecule has 0 fully saturated rings. The molecule has 9 heteroatoms. The van der Waals surface area contributed by atoms with Gasteiger partial charge in [0.15, 0.2) is 5.11 Å². The summed E-state index contributed by atoms with van der Waals surface area (Å²) in [6.07, 6.45) is 1.61. The van der Waals surface area contributed by atoms with Gasteiger partial charge in [0.05, 0.1) is 31.5 Å². The van der Waals surface area contributed by atoms with Crippen molar-refractivity contribution in [3.63, 3.8) is 0 Å². The Kier molecular flexibility index (Phi) is 10.7. The van der Waals surface area contributed by atoms with Gasteiger partial charge in [-0.05, 0) is 85.0 Å². The van der Waals surface area contributed by atoms with Gasteiger partial charge >= 0.3 is 5.97 Å². The van der Waals surface area contributed by atoms with E-state index >= 15 is 0 Å². The molecule has 40 heavy (non-hydrogen) atoms. The number of hydrogen-bond donors (Lipinski definition) is 1. The number of carbonyl (C=O) groups excluding carboxylic acids is 2. The molecule has 0 spiro atoms. The van der Waals surface area contributed by atoms with Gasteiger partial charge in [0.2, 0.25) is 0 Å². The maximum Gasteiger partial charge on any atom is 0.338 e. The van der Waals surface area contributed by atoms with Gasteiger partial charge in [-0.15, -0.1) is 0 Å². The van der Waals surface area contributed by atoms with Crippen molar-refractivity contribution in [2.45, 2.75) is 60.6 Å². The molecule has 1 atom stereocenters. The molecule has 0 radical (unpaired) electrons. The van der Waals surface area contributed by atoms with E-state index in [2.05, 4.69) is 5.32 Å². The summed E-state index contributed by atoms with van der Waals surface area (Å²) in [5.41, 5.74) is 2.53. The highest BCUT2D eigenvalue weighted by molar-refractivity contribution is 7.80. The number of carbonyl (C=O) groups is 2. The van der Waals surface area contributed by atoms with Crippen molar-refractivity contribution in [2.75, 3.05) is 19.8 Å². The lowest BCUT2D eigenvalue weighted by atomic mass is 9.92. The number of nitrogens with zero attached hydrogens (tertiary/aromatic N) is 1. The predicted molar refractivity (Wildman–Crippen MR) is 159 cm³/mol. The highest BCUT2D eigenvalue weighted by Gasteiger charge is 2.41. The Hall–Kier alpha value is -3.85. The summed E-state index contributed by atoms with van der Waals surface area (Å²) in [5.74, 6) is 0.896. The summed E-state index contributed by atoms with van der Waals surface area (Å²) < 4.78 is 23.0. The Morgan fingerprint density at radius 3 is 2.38 bits per heavy atom. The molecule has 0 aliphatic carbocycles. The van der Waals surface area contributed by atoms with Gasteiger partial charge < -0.3 is 24.3 Å². The summed E-state index contributed by atoms with van der Waals surface area (Å²) >= 11 is 5.69. The third-order valence-corrected chi connectivity index (χ3v) is 6.34. The van der Waals surface area contributed by atoms with Gasteiger partial charge in [0.1, 0.15) is 23.3 Å². The standard InChI is InChI=1S/C31H38N2O6S/c1-8-36-23-16-15-22(26(18-23)37-9-2)17-20(6)29(34)33-28(24-13-11-12-14-25(24)39-19(4)5)27(30(35)38-10-3)21(7)32-31(33)40/h11-19,28H,8-10H2,1-7H3,(H,32,40)/b20-17+. The highest BCUT2D eigenvalue weighted by atomic mass is 32.1. The van der Waals surface area contributed by atoms with Crippen molar-refractivity contribution in [1.82, 2.24) is 10.2 Å². The summed E-state index contributed by atoms with van der Waals surface area (Å²) in [4.78, 5) is 28.8. The van der Waals surface area contributed by atoms with Crippen LogP contribution in [0.25, 0.3) is 6.08 Å². The first kappa shape index (κ1) is 30.7. The van der Waals surface area contributed by atoms with E-state index in [-0.39, 0.29) is 29.3 Å². The van der Waals surface area contributed by atoms with Crippen LogP contribution in [0.4, 0.5) is 0 Å². The topological polar surface area (TPSA) is 86.3 Å². The SMILES string of the molecule is CCOC(=O)C1=C(C)NC(=S)N(C(=O)/C(C)=C/c2ccc(OCC)cc2OCC)C1c1ccccc1OC(C)C. The lowest BCUT2D eigenvalue weighted by Crippen LogP contribution is -2.51. The minimum atomic E-state index is -0.870. The predicted octanol–water partition coefficient (Wildman–Crippen LogP) is 5.97. The molecule has 1 unspecified atom stereocenters. The number of allylic oxidation sites excluding steroid dienone is 1. The molecule has 1 aliphatic rings. The third kappa shape index (κ3) is 7.01. The van der Waals surface area contributed by atoms with Gasteiger partial charge in [-0.1, -0.05) is 18.2 Å². The van der Waals surface area contributed by atoms with Gasteiger partial charge in [-0.25, -0.2) is 4.79 Å². The lowest BCUT2D eigenvalue weighted by Gasteiger charge is -2.39. The van der Waals surface area contributed by atoms with Crippen LogP contribution < -0.4 is 19.5 Å². The second-order valence-electron chi connectivity index (χ2n) is 9.36. The monoisotopic (exact) mass is 566 g/mol. The highest BCUT2D eigenvalue weighted by Crippen LogP contribution is 2.40. The van der Waals surface area contributed by atoms with Crippen LogP contribution in [0.15, 0.2) is 59.3 Å². The van der Waals surface area contributed by atoms with Crippen molar-refractivity contribution >= 4 is 35.3 Å². The summed E-state index contributed by atoms with van der Waals surface area (Å²) in [6.45, 7) is 14.0. The van der Waals surface area contributed by atoms with Gasteiger partial charge in [0.25, 0.3) is 5.91 Å². The van der Waals surface area contributed by atoms with Crippen LogP contribution in [0.5, 0.6) is 17.2 Å². The molecule has 2 aromatic rings. The van der Waals surface area contributed by atoms with E-state index in [1.165, 1.54) is 4.90 Å². The number of nitrogens with one attached hydrogen (secondary N) is 1. The summed E-state index contributed by atoms with van der Waals surface area (Å²) in [5, 5.41) is 3.21. The summed E-state index contributed by atoms with van der Waals surface area (Å²) in [7, 11) is 0. The Labute approximate surface area is 241 Å². The van der Waals surface area contributed by atoms with Crippen LogP contribution in [0.1, 0.15) is 65.6 Å². The second-order valence-corrected chi connectivity index (χ2v) is 9.75. The average molecular weight is 567 g/mol. The average Bonchev–Trinajstić information content (AvgIpc) is 2.89. The Bertz CT molecular complexity index is 1320. The van der Waals surface area contributed by atoms with E-state index in [0.717, 1.165) is 0 Å². The molecule has 0 aromatic heterocycles. The Morgan fingerprint density at radius 2 is 1.73 bits per heavy atom. The third-order valence-electron chi connectivity index (χ3n) is 6.04. The molecule has 8 nitrogen and oxygen atoms in total. The van der Waals surface area contributed by atoms with Gasteiger partial charge in [0, 0.05) is 28.5 Å². The quantitative estimate of drug-likeness (QED) is 0.202. The number of rotatable bonds is 11. The maximum atomic E-state index is 14.2. The van der Waals surface area contributed by atoms with Gasteiger partial charge in [-0.2, -0.15) is 0 Å². The van der Waals surface area contributed by atoms with Crippen molar-refractivity contribution in [1.29, 1.82) is 0 Å². The first-order valence-electron chi connectivity index (χ1n) is 13.5. The Balaban J connectivity index is 2.15. The van der Waals surface area contributed by atoms with Crippen molar-refractivity contribution in [3.8, 4) is 17.2 Å². The number of esters is 1. The van der Waals surface area contributed by atoms with E-state index in [4.69, 9.17) is 31.2 Å². The van der Waals surface area contributed by atoms with Crippen LogP contribution in [-0.2, 0) is 14.3 Å². The fraction of sp³-hybridized carbons (Fsp3) is 0.387. The van der Waals surface area contributed by atoms with Crippen LogP contribution >= 0.6 is 12.2 Å². The van der Waals surface area contributed by atoms with Crippen LogP contribution in [0.2, 0.25) is 0 Å². The van der Waals surface area contributed by atoms with Crippen LogP contribution in [0.3, 0.4) is 0 Å². The van der Waals surface area contributed by atoms with Crippen LogP contribution in [-0.4, -0.2) is 47.8 Å². The molecule has 2 aromatic carbocycles. The van der Waals surface area contributed by atoms with Gasteiger partial charge in [-0.3, -0.25) is 9.69 Å². The molecule has 214 valence electrons. The van der Waals surface area contributed by atoms with Crippen molar-refractivity contribution < 1.29 is 28.5 Å². The maximum absolute atomic E-state index is 14.2. The van der Waals surface area contributed by atoms with E-state index in [1.807, 2.05) is 64.1 Å². The van der Waals surface area contributed by atoms with E-state index in [1.54, 1.807) is 32.9 Å². The van der Waals surface area contributed by atoms with Crippen LogP contribution in [0, 0.1) is 0 Å². The number of benzene rings is 2. The largest absolute Gasteiger partial charge is 0.494 e. The number of amides is 1. The van der Waals surface area contributed by atoms with E-state index < -0.39 is 12.0 Å². The second kappa shape index (κ2) is 14.0. The molecule has 0 saturated heterocycles. The number of hydrogen-bond acceptors (Lipinski definition) is 7. The van der Waals surface area contributed by atoms with Crippen molar-refractivity contribution in [3.05, 3.63) is 70.4 Å². The normalized spacial score (nSPS) is 15.6. The molecule has 1 amide bonds. The zero-order chi connectivity index (χ0) is 29.4. The zero-order valence-corrected chi connectivity index (χ0v) is 25.0. The molecular formula is C31H38N2O6S. The molecule has 0 bridgehead atoms. The fourth-order valence-corrected chi connectivity index (χ4v) is 4.78. The number of para-hydroxylation sites is 1. The fourth-order valence-electron chi connectivity index (χ4n) is 4.44. The van der Waals surface area contributed by atoms with E-state index in [0.29, 0.717) is 52.9 Å². The van der Waals surface area contributed by atoms with E-state index in [9.17, 15) is 9.59 Å². The molecule has 0 saturated carbocycles.